The number of hydrogen-bond donors (Lipinski definition) is 2. The molecule has 2 atom stereocenters. The Morgan fingerprint density at radius 3 is 3.08 bits per heavy atom. The van der Waals surface area contributed by atoms with E-state index in [-0.39, 0.29) is 24.0 Å². The van der Waals surface area contributed by atoms with E-state index >= 15 is 0 Å². The van der Waals surface area contributed by atoms with E-state index < -0.39 is 0 Å². The Morgan fingerprint density at radius 2 is 2.54 bits per heavy atom. The van der Waals surface area contributed by atoms with Gasteiger partial charge in [-0.2, -0.15) is 0 Å². The Hall–Kier alpha value is -0.195. The van der Waals surface area contributed by atoms with Crippen molar-refractivity contribution in [2.24, 2.45) is 0 Å². The maximum atomic E-state index is 10.8. The van der Waals surface area contributed by atoms with E-state index in [9.17, 15) is 4.79 Å². The van der Waals surface area contributed by atoms with E-state index in [1.807, 2.05) is 0 Å². The van der Waals surface area contributed by atoms with Gasteiger partial charge in [0.2, 0.25) is 0 Å². The maximum Gasteiger partial charge on any atom is 0.280 e. The molecule has 13 heavy (non-hydrogen) atoms. The first-order chi connectivity index (χ1) is 6.26. The monoisotopic (exact) mass is 202 g/mol. The predicted molar refractivity (Wildman–Crippen MR) is 52.8 cm³/mol. The molecule has 0 aromatic carbocycles. The molecule has 1 heterocycles. The molecule has 0 aromatic heterocycles. The minimum absolute atomic E-state index is 0.0479. The summed E-state index contributed by atoms with van der Waals surface area (Å²) in [7, 11) is 1.65. The number of aliphatic hydroxyl groups excluding tert-OH is 1. The number of carbonyl (C=O) groups excluding carboxylic acids is 1. The van der Waals surface area contributed by atoms with Crippen molar-refractivity contribution in [3.05, 3.63) is 0 Å². The molecule has 2 N–H and O–H groups in total. The number of hydrogen-bond acceptors (Lipinski definition) is 4. The molecule has 1 fully saturated rings. The van der Waals surface area contributed by atoms with Gasteiger partial charge in [-0.15, -0.1) is 0 Å². The topological polar surface area (TPSA) is 58.6 Å². The average Bonchev–Trinajstić information content (AvgIpc) is 2.61. The molecule has 1 saturated heterocycles. The molecule has 0 spiro atoms. The van der Waals surface area contributed by atoms with Crippen LogP contribution in [0.5, 0.6) is 0 Å². The standard InChI is InChI=1S/C7H13BNO3S/c1-13-7(11)9-8-6-3-2-5(4-10)12-6/h5-6,10H,2-4H2,1H3,(H,9,11)/t5-,6+/m0/s1. The molecule has 73 valence electrons. The Balaban J connectivity index is 2.13. The van der Waals surface area contributed by atoms with Crippen molar-refractivity contribution in [1.82, 2.24) is 5.23 Å². The molecule has 1 rings (SSSR count). The molecule has 4 nitrogen and oxygen atoms in total. The average molecular weight is 202 g/mol. The van der Waals surface area contributed by atoms with Crippen molar-refractivity contribution in [1.29, 1.82) is 0 Å². The van der Waals surface area contributed by atoms with Crippen molar-refractivity contribution >= 4 is 24.4 Å². The number of amides is 1. The van der Waals surface area contributed by atoms with Gasteiger partial charge in [-0.05, 0) is 19.1 Å². The van der Waals surface area contributed by atoms with Crippen LogP contribution < -0.4 is 5.23 Å². The van der Waals surface area contributed by atoms with Gasteiger partial charge >= 0.3 is 0 Å². The summed E-state index contributed by atoms with van der Waals surface area (Å²) in [5, 5.41) is 11.3. The highest BCUT2D eigenvalue weighted by Crippen LogP contribution is 2.17. The van der Waals surface area contributed by atoms with Crippen LogP contribution in [0.3, 0.4) is 0 Å². The van der Waals surface area contributed by atoms with Gasteiger partial charge in [0.05, 0.1) is 18.7 Å². The molecule has 0 bridgehead atoms. The number of carbonyl (C=O) groups is 1. The quantitative estimate of drug-likeness (QED) is 0.640. The molecule has 0 aromatic rings. The minimum Gasteiger partial charge on any atom is -0.394 e. The van der Waals surface area contributed by atoms with Gasteiger partial charge < -0.3 is 15.1 Å². The fraction of sp³-hybridized carbons (Fsp3) is 0.857. The van der Waals surface area contributed by atoms with Crippen LogP contribution in [0.4, 0.5) is 4.79 Å². The largest absolute Gasteiger partial charge is 0.394 e. The van der Waals surface area contributed by atoms with Crippen molar-refractivity contribution in [3.8, 4) is 0 Å². The van der Waals surface area contributed by atoms with E-state index in [0.29, 0.717) is 0 Å². The van der Waals surface area contributed by atoms with Gasteiger partial charge in [0, 0.05) is 0 Å². The Morgan fingerprint density at radius 1 is 1.77 bits per heavy atom. The first kappa shape index (κ1) is 10.9. The first-order valence-electron chi connectivity index (χ1n) is 4.20. The van der Waals surface area contributed by atoms with Crippen LogP contribution >= 0.6 is 11.8 Å². The lowest BCUT2D eigenvalue weighted by molar-refractivity contribution is 0.0415. The fourth-order valence-corrected chi connectivity index (χ4v) is 1.40. The summed E-state index contributed by atoms with van der Waals surface area (Å²) in [6, 6.07) is -0.0479. The summed E-state index contributed by atoms with van der Waals surface area (Å²) in [6.45, 7) is 0.0564. The van der Waals surface area contributed by atoms with Crippen LogP contribution in [0, 0.1) is 0 Å². The number of rotatable bonds is 3. The second-order valence-corrected chi connectivity index (χ2v) is 3.64. The Bertz CT molecular complexity index is 181. The maximum absolute atomic E-state index is 10.8. The summed E-state index contributed by atoms with van der Waals surface area (Å²) in [4.78, 5) is 10.8. The smallest absolute Gasteiger partial charge is 0.280 e. The second kappa shape index (κ2) is 5.52. The Labute approximate surface area is 82.7 Å². The second-order valence-electron chi connectivity index (χ2n) is 2.86. The predicted octanol–water partition coefficient (Wildman–Crippen LogP) is 0.176. The van der Waals surface area contributed by atoms with Crippen molar-refractivity contribution < 1.29 is 14.6 Å². The fourth-order valence-electron chi connectivity index (χ4n) is 1.21. The third kappa shape index (κ3) is 3.58. The van der Waals surface area contributed by atoms with Gasteiger partial charge in [-0.3, -0.25) is 4.79 Å². The highest BCUT2D eigenvalue weighted by atomic mass is 32.2. The molecule has 1 radical (unpaired) electrons. The molecule has 0 saturated carbocycles. The van der Waals surface area contributed by atoms with Crippen LogP contribution in [-0.2, 0) is 4.74 Å². The minimum atomic E-state index is -0.0870. The lowest BCUT2D eigenvalue weighted by atomic mass is 9.84. The summed E-state index contributed by atoms with van der Waals surface area (Å²) in [6.07, 6.45) is 3.37. The molecular weight excluding hydrogens is 189 g/mol. The Kier molecular flexibility index (Phi) is 4.62. The van der Waals surface area contributed by atoms with Crippen molar-refractivity contribution in [3.63, 3.8) is 0 Å². The third-order valence-electron chi connectivity index (χ3n) is 1.92. The molecule has 0 unspecified atom stereocenters. The van der Waals surface area contributed by atoms with Crippen LogP contribution in [-0.4, -0.2) is 42.7 Å². The number of aliphatic hydroxyl groups is 1. The van der Waals surface area contributed by atoms with E-state index in [0.717, 1.165) is 24.6 Å². The van der Waals surface area contributed by atoms with Crippen LogP contribution in [0.25, 0.3) is 0 Å². The normalized spacial score (nSPS) is 27.2. The zero-order valence-electron chi connectivity index (χ0n) is 7.53. The van der Waals surface area contributed by atoms with Crippen LogP contribution in [0.2, 0.25) is 0 Å². The lowest BCUT2D eigenvalue weighted by Crippen LogP contribution is -2.33. The van der Waals surface area contributed by atoms with Gasteiger partial charge in [0.25, 0.3) is 12.7 Å². The highest BCUT2D eigenvalue weighted by Gasteiger charge is 2.25. The zero-order chi connectivity index (χ0) is 9.68. The van der Waals surface area contributed by atoms with E-state index in [2.05, 4.69) is 5.23 Å². The molecule has 0 aliphatic carbocycles. The molecular formula is C7H13BNO3S. The lowest BCUT2D eigenvalue weighted by Gasteiger charge is -2.10. The third-order valence-corrected chi connectivity index (χ3v) is 2.41. The van der Waals surface area contributed by atoms with Gasteiger partial charge in [0.1, 0.15) is 0 Å². The number of thioether (sulfide) groups is 1. The molecule has 6 heteroatoms. The van der Waals surface area contributed by atoms with E-state index in [4.69, 9.17) is 9.84 Å². The summed E-state index contributed by atoms with van der Waals surface area (Å²) >= 11 is 1.13. The first-order valence-corrected chi connectivity index (χ1v) is 5.43. The van der Waals surface area contributed by atoms with Crippen LogP contribution in [0.15, 0.2) is 0 Å². The molecule has 1 aliphatic rings. The highest BCUT2D eigenvalue weighted by molar-refractivity contribution is 8.13. The van der Waals surface area contributed by atoms with Gasteiger partial charge in [0.15, 0.2) is 0 Å². The summed E-state index contributed by atoms with van der Waals surface area (Å²) in [5.74, 6) is 0. The summed E-state index contributed by atoms with van der Waals surface area (Å²) in [5.41, 5.74) is 0. The number of ether oxygens (including phenoxy) is 1. The molecule has 1 aliphatic heterocycles. The zero-order valence-corrected chi connectivity index (χ0v) is 8.34. The SMILES string of the molecule is CSC(=O)N[B][C@H]1CC[C@@H](CO)O1. The van der Waals surface area contributed by atoms with E-state index in [1.165, 1.54) is 0 Å². The number of nitrogens with one attached hydrogen (secondary N) is 1. The van der Waals surface area contributed by atoms with Gasteiger partial charge in [-0.25, -0.2) is 0 Å². The van der Waals surface area contributed by atoms with Crippen molar-refractivity contribution in [2.75, 3.05) is 12.9 Å². The van der Waals surface area contributed by atoms with Gasteiger partial charge in [-0.1, -0.05) is 11.8 Å². The summed E-state index contributed by atoms with van der Waals surface area (Å²) < 4.78 is 5.38. The van der Waals surface area contributed by atoms with E-state index in [1.54, 1.807) is 13.7 Å². The van der Waals surface area contributed by atoms with Crippen LogP contribution in [0.1, 0.15) is 12.8 Å². The van der Waals surface area contributed by atoms with Crippen molar-refractivity contribution in [2.45, 2.75) is 24.9 Å². The molecule has 1 amide bonds.